The van der Waals surface area contributed by atoms with Gasteiger partial charge in [0.1, 0.15) is 0 Å². The predicted molar refractivity (Wildman–Crippen MR) is 86.1 cm³/mol. The van der Waals surface area contributed by atoms with E-state index in [2.05, 4.69) is 41.9 Å². The molecule has 1 heterocycles. The minimum Gasteiger partial charge on any atom is -0.389 e. The van der Waals surface area contributed by atoms with Gasteiger partial charge in [0.05, 0.1) is 5.60 Å². The Bertz CT molecular complexity index is 569. The van der Waals surface area contributed by atoms with Crippen LogP contribution in [0, 0.1) is 5.92 Å². The van der Waals surface area contributed by atoms with Gasteiger partial charge < -0.3 is 10.4 Å². The lowest BCUT2D eigenvalue weighted by molar-refractivity contribution is -0.00627. The van der Waals surface area contributed by atoms with Gasteiger partial charge in [-0.3, -0.25) is 0 Å². The van der Waals surface area contributed by atoms with Gasteiger partial charge in [-0.15, -0.1) is 11.3 Å². The molecule has 0 aliphatic heterocycles. The van der Waals surface area contributed by atoms with Crippen molar-refractivity contribution >= 4 is 21.4 Å². The summed E-state index contributed by atoms with van der Waals surface area (Å²) in [7, 11) is 0. The first-order chi connectivity index (χ1) is 9.66. The molecule has 2 N–H and O–H groups in total. The summed E-state index contributed by atoms with van der Waals surface area (Å²) in [6.45, 7) is 3.84. The molecule has 1 fully saturated rings. The third-order valence-electron chi connectivity index (χ3n) is 4.54. The number of thiophene rings is 1. The Morgan fingerprint density at radius 2 is 2.05 bits per heavy atom. The Labute approximate surface area is 124 Å². The number of aliphatic hydroxyl groups is 1. The first kappa shape index (κ1) is 14.1. The standard InChI is InChI=1S/C17H23NOS/c1-13-6-8-17(19,9-7-13)12-18-10-14-11-20-16-5-3-2-4-15(14)16/h2-5,11,13,18-19H,6-10,12H2,1H3. The molecular weight excluding hydrogens is 266 g/mol. The van der Waals surface area contributed by atoms with Crippen molar-refractivity contribution in [2.45, 2.75) is 44.8 Å². The number of nitrogens with one attached hydrogen (secondary N) is 1. The van der Waals surface area contributed by atoms with Gasteiger partial charge in [-0.1, -0.05) is 25.1 Å². The SMILES string of the molecule is CC1CCC(O)(CNCc2csc3ccccc23)CC1. The summed E-state index contributed by atoms with van der Waals surface area (Å²) >= 11 is 1.80. The molecule has 0 saturated heterocycles. The molecule has 1 aromatic carbocycles. The molecule has 3 heteroatoms. The molecule has 1 saturated carbocycles. The highest BCUT2D eigenvalue weighted by Crippen LogP contribution is 2.31. The molecule has 3 rings (SSSR count). The average Bonchev–Trinajstić information content (AvgIpc) is 2.86. The van der Waals surface area contributed by atoms with Crippen LogP contribution in [-0.4, -0.2) is 17.3 Å². The van der Waals surface area contributed by atoms with Crippen LogP contribution < -0.4 is 5.32 Å². The van der Waals surface area contributed by atoms with Crippen molar-refractivity contribution in [1.82, 2.24) is 5.32 Å². The number of benzene rings is 1. The molecule has 2 aromatic rings. The Hall–Kier alpha value is -0.900. The second-order valence-electron chi connectivity index (χ2n) is 6.27. The van der Waals surface area contributed by atoms with E-state index in [1.165, 1.54) is 15.6 Å². The second-order valence-corrected chi connectivity index (χ2v) is 7.18. The van der Waals surface area contributed by atoms with Crippen LogP contribution in [0.25, 0.3) is 10.1 Å². The molecule has 0 spiro atoms. The van der Waals surface area contributed by atoms with E-state index in [-0.39, 0.29) is 0 Å². The molecule has 0 amide bonds. The summed E-state index contributed by atoms with van der Waals surface area (Å²) < 4.78 is 1.34. The molecule has 0 atom stereocenters. The predicted octanol–water partition coefficient (Wildman–Crippen LogP) is 3.93. The second kappa shape index (κ2) is 5.84. The molecule has 0 bridgehead atoms. The van der Waals surface area contributed by atoms with Gasteiger partial charge in [0, 0.05) is 17.8 Å². The van der Waals surface area contributed by atoms with Crippen LogP contribution in [0.3, 0.4) is 0 Å². The Balaban J connectivity index is 1.57. The number of hydrogen-bond acceptors (Lipinski definition) is 3. The summed E-state index contributed by atoms with van der Waals surface area (Å²) in [6.07, 6.45) is 4.18. The van der Waals surface area contributed by atoms with E-state index < -0.39 is 5.60 Å². The van der Waals surface area contributed by atoms with Gasteiger partial charge in [-0.25, -0.2) is 0 Å². The molecule has 0 unspecified atom stereocenters. The maximum atomic E-state index is 10.6. The van der Waals surface area contributed by atoms with Gasteiger partial charge in [0.25, 0.3) is 0 Å². The topological polar surface area (TPSA) is 32.3 Å². The average molecular weight is 289 g/mol. The minimum atomic E-state index is -0.488. The zero-order valence-corrected chi connectivity index (χ0v) is 12.9. The summed E-state index contributed by atoms with van der Waals surface area (Å²) in [5.41, 5.74) is 0.858. The number of hydrogen-bond donors (Lipinski definition) is 2. The zero-order chi connectivity index (χ0) is 14.0. The third kappa shape index (κ3) is 3.05. The third-order valence-corrected chi connectivity index (χ3v) is 5.55. The van der Waals surface area contributed by atoms with E-state index >= 15 is 0 Å². The fraction of sp³-hybridized carbons (Fsp3) is 0.529. The van der Waals surface area contributed by atoms with Gasteiger partial charge in [0.15, 0.2) is 0 Å². The van der Waals surface area contributed by atoms with Crippen LogP contribution in [0.1, 0.15) is 38.2 Å². The van der Waals surface area contributed by atoms with Crippen molar-refractivity contribution in [2.75, 3.05) is 6.54 Å². The molecule has 108 valence electrons. The van der Waals surface area contributed by atoms with E-state index in [9.17, 15) is 5.11 Å². The van der Waals surface area contributed by atoms with Gasteiger partial charge in [-0.2, -0.15) is 0 Å². The highest BCUT2D eigenvalue weighted by molar-refractivity contribution is 7.17. The summed E-state index contributed by atoms with van der Waals surface area (Å²) in [5, 5.41) is 17.6. The monoisotopic (exact) mass is 289 g/mol. The minimum absolute atomic E-state index is 0.488. The van der Waals surface area contributed by atoms with Crippen LogP contribution in [-0.2, 0) is 6.54 Å². The summed E-state index contributed by atoms with van der Waals surface area (Å²) in [4.78, 5) is 0. The highest BCUT2D eigenvalue weighted by atomic mass is 32.1. The summed E-state index contributed by atoms with van der Waals surface area (Å²) in [5.74, 6) is 0.774. The van der Waals surface area contributed by atoms with Crippen molar-refractivity contribution in [2.24, 2.45) is 5.92 Å². The van der Waals surface area contributed by atoms with E-state index in [1.54, 1.807) is 11.3 Å². The highest BCUT2D eigenvalue weighted by Gasteiger charge is 2.31. The Kier molecular flexibility index (Phi) is 4.11. The molecule has 1 aromatic heterocycles. The fourth-order valence-corrected chi connectivity index (χ4v) is 4.04. The largest absolute Gasteiger partial charge is 0.389 e. The van der Waals surface area contributed by atoms with E-state index in [4.69, 9.17) is 0 Å². The summed E-state index contributed by atoms with van der Waals surface area (Å²) in [6, 6.07) is 8.52. The van der Waals surface area contributed by atoms with E-state index in [1.807, 2.05) is 0 Å². The maximum absolute atomic E-state index is 10.6. The quantitative estimate of drug-likeness (QED) is 0.894. The van der Waals surface area contributed by atoms with Gasteiger partial charge in [0.2, 0.25) is 0 Å². The van der Waals surface area contributed by atoms with Gasteiger partial charge >= 0.3 is 0 Å². The Morgan fingerprint density at radius 3 is 2.85 bits per heavy atom. The first-order valence-corrected chi connectivity index (χ1v) is 8.42. The molecular formula is C17H23NOS. The van der Waals surface area contributed by atoms with Crippen LogP contribution in [0.2, 0.25) is 0 Å². The lowest BCUT2D eigenvalue weighted by Crippen LogP contribution is -2.43. The van der Waals surface area contributed by atoms with Crippen molar-refractivity contribution in [3.8, 4) is 0 Å². The van der Waals surface area contributed by atoms with Crippen LogP contribution in [0.5, 0.6) is 0 Å². The zero-order valence-electron chi connectivity index (χ0n) is 12.1. The van der Waals surface area contributed by atoms with E-state index in [0.29, 0.717) is 6.54 Å². The van der Waals surface area contributed by atoms with Gasteiger partial charge in [-0.05, 0) is 54.0 Å². The fourth-order valence-electron chi connectivity index (χ4n) is 3.08. The molecule has 0 radical (unpaired) electrons. The lowest BCUT2D eigenvalue weighted by Gasteiger charge is -2.35. The van der Waals surface area contributed by atoms with Crippen LogP contribution >= 0.6 is 11.3 Å². The number of fused-ring (bicyclic) bond motifs is 1. The van der Waals surface area contributed by atoms with Crippen molar-refractivity contribution < 1.29 is 5.11 Å². The lowest BCUT2D eigenvalue weighted by atomic mass is 9.79. The Morgan fingerprint density at radius 1 is 1.30 bits per heavy atom. The van der Waals surface area contributed by atoms with Crippen LogP contribution in [0.15, 0.2) is 29.6 Å². The van der Waals surface area contributed by atoms with Crippen molar-refractivity contribution in [3.63, 3.8) is 0 Å². The van der Waals surface area contributed by atoms with E-state index in [0.717, 1.165) is 38.1 Å². The van der Waals surface area contributed by atoms with Crippen molar-refractivity contribution in [1.29, 1.82) is 0 Å². The normalized spacial score (nSPS) is 27.0. The van der Waals surface area contributed by atoms with Crippen molar-refractivity contribution in [3.05, 3.63) is 35.2 Å². The molecule has 2 nitrogen and oxygen atoms in total. The number of rotatable bonds is 4. The van der Waals surface area contributed by atoms with Crippen LogP contribution in [0.4, 0.5) is 0 Å². The molecule has 20 heavy (non-hydrogen) atoms. The smallest absolute Gasteiger partial charge is 0.0771 e. The first-order valence-electron chi connectivity index (χ1n) is 7.54. The maximum Gasteiger partial charge on any atom is 0.0771 e. The molecule has 1 aliphatic carbocycles. The molecule has 1 aliphatic rings.